The van der Waals surface area contributed by atoms with Crippen molar-refractivity contribution in [2.24, 2.45) is 5.41 Å². The van der Waals surface area contributed by atoms with E-state index in [0.717, 1.165) is 0 Å². The monoisotopic (exact) mass is 398 g/mol. The number of hydrogen-bond donors (Lipinski definition) is 0. The van der Waals surface area contributed by atoms with E-state index < -0.39 is 22.6 Å². The highest BCUT2D eigenvalue weighted by atomic mass is 16.7. The molecule has 10 heteroatoms. The van der Waals surface area contributed by atoms with Gasteiger partial charge in [-0.25, -0.2) is 4.79 Å². The predicted octanol–water partition coefficient (Wildman–Crippen LogP) is 4.34. The van der Waals surface area contributed by atoms with Crippen molar-refractivity contribution in [2.75, 3.05) is 0 Å². The molecule has 0 N–H and O–H groups in total. The lowest BCUT2D eigenvalue weighted by Gasteiger charge is -2.26. The van der Waals surface area contributed by atoms with Crippen molar-refractivity contribution in [1.29, 1.82) is 0 Å². The highest BCUT2D eigenvalue weighted by molar-refractivity contribution is 5.64. The van der Waals surface area contributed by atoms with Crippen molar-refractivity contribution in [3.05, 3.63) is 64.8 Å². The van der Waals surface area contributed by atoms with Gasteiger partial charge in [0.05, 0.1) is 4.92 Å². The molecular weight excluding hydrogens is 380 g/mol. The Hall–Kier alpha value is -3.82. The topological polar surface area (TPSA) is 130 Å². The van der Waals surface area contributed by atoms with Gasteiger partial charge in [-0.05, 0) is 24.3 Å². The molecule has 0 saturated heterocycles. The third kappa shape index (κ3) is 4.92. The van der Waals surface area contributed by atoms with Crippen molar-refractivity contribution < 1.29 is 23.6 Å². The van der Waals surface area contributed by atoms with Gasteiger partial charge in [-0.15, -0.1) is 10.2 Å². The van der Waals surface area contributed by atoms with Crippen LogP contribution in [-0.2, 0) is 4.74 Å². The highest BCUT2D eigenvalue weighted by Gasteiger charge is 2.35. The minimum Gasteiger partial charge on any atom is -0.420 e. The number of nitrogens with zero attached hydrogens (tertiary/aromatic N) is 4. The number of carbonyl (C=O) groups is 1. The van der Waals surface area contributed by atoms with E-state index in [2.05, 4.69) is 15.2 Å². The largest absolute Gasteiger partial charge is 0.514 e. The fraction of sp³-hybridized carbons (Fsp3) is 0.263. The van der Waals surface area contributed by atoms with Gasteiger partial charge in [-0.1, -0.05) is 20.8 Å². The van der Waals surface area contributed by atoms with Crippen molar-refractivity contribution in [3.8, 4) is 17.2 Å². The summed E-state index contributed by atoms with van der Waals surface area (Å²) >= 11 is 0. The van der Waals surface area contributed by atoms with Gasteiger partial charge in [0, 0.05) is 35.5 Å². The Kier molecular flexibility index (Phi) is 5.53. The molecule has 0 aliphatic rings. The van der Waals surface area contributed by atoms with Gasteiger partial charge >= 0.3 is 6.16 Å². The Morgan fingerprint density at radius 3 is 2.34 bits per heavy atom. The van der Waals surface area contributed by atoms with Crippen LogP contribution in [0.1, 0.15) is 32.8 Å². The molecule has 0 radical (unpaired) electrons. The number of hydrogen-bond acceptors (Lipinski definition) is 9. The molecular formula is C19H18N4O6. The zero-order valence-corrected chi connectivity index (χ0v) is 15.9. The normalized spacial score (nSPS) is 12.2. The molecule has 29 heavy (non-hydrogen) atoms. The standard InChI is InChI=1S/C19H18N4O6/c1-19(2,3)15(17-22-21-16(29-17)12-8-10-20-11-9-12)28-18(24)27-14-6-4-13(5-7-14)23(25)26/h4-11,15H,1-3H3/t15-/m1/s1. The lowest BCUT2D eigenvalue weighted by molar-refractivity contribution is -0.384. The number of nitro groups is 1. The van der Waals surface area contributed by atoms with Crippen LogP contribution in [-0.4, -0.2) is 26.3 Å². The number of ether oxygens (including phenoxy) is 2. The van der Waals surface area contributed by atoms with E-state index in [0.29, 0.717) is 5.56 Å². The third-order valence-corrected chi connectivity index (χ3v) is 3.84. The zero-order valence-electron chi connectivity index (χ0n) is 15.9. The second kappa shape index (κ2) is 8.05. The maximum atomic E-state index is 12.3. The molecule has 2 heterocycles. The quantitative estimate of drug-likeness (QED) is 0.266. The lowest BCUT2D eigenvalue weighted by atomic mass is 9.89. The first-order valence-corrected chi connectivity index (χ1v) is 8.61. The van der Waals surface area contributed by atoms with Crippen LogP contribution < -0.4 is 4.74 Å². The number of aromatic nitrogens is 3. The van der Waals surface area contributed by atoms with Gasteiger partial charge in [-0.3, -0.25) is 15.1 Å². The maximum absolute atomic E-state index is 12.3. The van der Waals surface area contributed by atoms with E-state index in [-0.39, 0.29) is 23.2 Å². The second-order valence-electron chi connectivity index (χ2n) is 7.15. The summed E-state index contributed by atoms with van der Waals surface area (Å²) in [7, 11) is 0. The summed E-state index contributed by atoms with van der Waals surface area (Å²) < 4.78 is 16.2. The minimum atomic E-state index is -0.998. The average Bonchev–Trinajstić information content (AvgIpc) is 3.16. The van der Waals surface area contributed by atoms with E-state index in [1.807, 2.05) is 20.8 Å². The number of nitro benzene ring substituents is 1. The van der Waals surface area contributed by atoms with Gasteiger partial charge in [0.1, 0.15) is 5.75 Å². The molecule has 0 aliphatic carbocycles. The fourth-order valence-electron chi connectivity index (χ4n) is 2.40. The predicted molar refractivity (Wildman–Crippen MR) is 99.9 cm³/mol. The Labute approximate surface area is 165 Å². The van der Waals surface area contributed by atoms with Crippen molar-refractivity contribution in [2.45, 2.75) is 26.9 Å². The Balaban J connectivity index is 1.75. The first-order valence-electron chi connectivity index (χ1n) is 8.61. The van der Waals surface area contributed by atoms with Gasteiger partial charge in [0.2, 0.25) is 5.89 Å². The molecule has 0 unspecified atom stereocenters. The summed E-state index contributed by atoms with van der Waals surface area (Å²) in [5.41, 5.74) is -0.0102. The van der Waals surface area contributed by atoms with Crippen LogP contribution in [0.15, 0.2) is 53.2 Å². The number of non-ortho nitro benzene ring substituents is 1. The van der Waals surface area contributed by atoms with Crippen molar-refractivity contribution in [1.82, 2.24) is 15.2 Å². The molecule has 0 bridgehead atoms. The molecule has 0 saturated carbocycles. The summed E-state index contributed by atoms with van der Waals surface area (Å²) in [6.07, 6.45) is 1.32. The highest BCUT2D eigenvalue weighted by Crippen LogP contribution is 2.36. The van der Waals surface area contributed by atoms with Gasteiger partial charge < -0.3 is 13.9 Å². The van der Waals surface area contributed by atoms with Crippen LogP contribution in [0.2, 0.25) is 0 Å². The SMILES string of the molecule is CC(C)(C)[C@H](OC(=O)Oc1ccc([N+](=O)[O-])cc1)c1nnc(-c2ccncc2)o1. The molecule has 0 aliphatic heterocycles. The zero-order chi connectivity index (χ0) is 21.0. The van der Waals surface area contributed by atoms with Crippen LogP contribution in [0.5, 0.6) is 5.75 Å². The molecule has 3 aromatic rings. The Morgan fingerprint density at radius 1 is 1.10 bits per heavy atom. The number of carbonyl (C=O) groups excluding carboxylic acids is 1. The smallest absolute Gasteiger partial charge is 0.420 e. The molecule has 150 valence electrons. The van der Waals surface area contributed by atoms with Gasteiger partial charge in [0.15, 0.2) is 6.10 Å². The number of rotatable bonds is 5. The summed E-state index contributed by atoms with van der Waals surface area (Å²) in [6.45, 7) is 5.52. The van der Waals surface area contributed by atoms with E-state index in [1.165, 1.54) is 24.3 Å². The van der Waals surface area contributed by atoms with E-state index in [4.69, 9.17) is 13.9 Å². The van der Waals surface area contributed by atoms with E-state index >= 15 is 0 Å². The van der Waals surface area contributed by atoms with Crippen molar-refractivity contribution >= 4 is 11.8 Å². The molecule has 0 fully saturated rings. The van der Waals surface area contributed by atoms with E-state index in [1.54, 1.807) is 24.5 Å². The maximum Gasteiger partial charge on any atom is 0.514 e. The molecule has 0 spiro atoms. The first kappa shape index (κ1) is 19.9. The molecule has 1 atom stereocenters. The van der Waals surface area contributed by atoms with Crippen LogP contribution in [0.3, 0.4) is 0 Å². The number of pyridine rings is 1. The molecule has 1 aromatic carbocycles. The summed E-state index contributed by atoms with van der Waals surface area (Å²) in [6, 6.07) is 8.49. The summed E-state index contributed by atoms with van der Waals surface area (Å²) in [5, 5.41) is 18.7. The Morgan fingerprint density at radius 2 is 1.76 bits per heavy atom. The summed E-state index contributed by atoms with van der Waals surface area (Å²) in [5.74, 6) is 0.491. The van der Waals surface area contributed by atoms with E-state index in [9.17, 15) is 14.9 Å². The molecule has 0 amide bonds. The summed E-state index contributed by atoms with van der Waals surface area (Å²) in [4.78, 5) is 26.3. The van der Waals surface area contributed by atoms with Crippen LogP contribution in [0.4, 0.5) is 10.5 Å². The lowest BCUT2D eigenvalue weighted by Crippen LogP contribution is -2.26. The first-order chi connectivity index (χ1) is 13.7. The minimum absolute atomic E-state index is 0.108. The third-order valence-electron chi connectivity index (χ3n) is 3.84. The Bertz CT molecular complexity index is 996. The molecule has 10 nitrogen and oxygen atoms in total. The number of benzene rings is 1. The molecule has 3 rings (SSSR count). The van der Waals surface area contributed by atoms with Crippen LogP contribution in [0, 0.1) is 15.5 Å². The van der Waals surface area contributed by atoms with Crippen molar-refractivity contribution in [3.63, 3.8) is 0 Å². The fourth-order valence-corrected chi connectivity index (χ4v) is 2.40. The van der Waals surface area contributed by atoms with Crippen LogP contribution >= 0.6 is 0 Å². The van der Waals surface area contributed by atoms with Crippen LogP contribution in [0.25, 0.3) is 11.5 Å². The van der Waals surface area contributed by atoms with Gasteiger partial charge in [0.25, 0.3) is 11.6 Å². The average molecular weight is 398 g/mol. The van der Waals surface area contributed by atoms with Gasteiger partial charge in [-0.2, -0.15) is 0 Å². The second-order valence-corrected chi connectivity index (χ2v) is 7.15. The molecule has 2 aromatic heterocycles.